The van der Waals surface area contributed by atoms with Gasteiger partial charge in [0.1, 0.15) is 0 Å². The Morgan fingerprint density at radius 3 is 2.00 bits per heavy atom. The van der Waals surface area contributed by atoms with E-state index in [0.717, 1.165) is 0 Å². The molecule has 0 aliphatic carbocycles. The molecule has 0 fully saturated rings. The minimum Gasteiger partial charge on any atom is -0.294 e. The van der Waals surface area contributed by atoms with Crippen LogP contribution in [-0.4, -0.2) is 5.78 Å². The minimum absolute atomic E-state index is 0.200. The van der Waals surface area contributed by atoms with Crippen LogP contribution in [0.15, 0.2) is 12.2 Å². The maximum absolute atomic E-state index is 11.3. The number of hydrogen-bond donors (Lipinski definition) is 0. The predicted octanol–water partition coefficient (Wildman–Crippen LogP) is 2.81. The summed E-state index contributed by atoms with van der Waals surface area (Å²) in [6, 6.07) is 0. The predicted molar refractivity (Wildman–Crippen MR) is 48.4 cm³/mol. The summed E-state index contributed by atoms with van der Waals surface area (Å²) in [4.78, 5) is 11.3. The third-order valence-corrected chi connectivity index (χ3v) is 1.37. The summed E-state index contributed by atoms with van der Waals surface area (Å²) in [5, 5.41) is 0. The van der Waals surface area contributed by atoms with Gasteiger partial charge in [0.25, 0.3) is 0 Å². The Morgan fingerprint density at radius 2 is 1.73 bits per heavy atom. The van der Waals surface area contributed by atoms with E-state index in [-0.39, 0.29) is 11.2 Å². The van der Waals surface area contributed by atoms with Gasteiger partial charge in [0.15, 0.2) is 5.78 Å². The molecule has 0 N–H and O–H groups in total. The van der Waals surface area contributed by atoms with Crippen LogP contribution in [0.2, 0.25) is 0 Å². The number of carbonyl (C=O) groups is 1. The van der Waals surface area contributed by atoms with E-state index in [9.17, 15) is 4.79 Å². The number of carbonyl (C=O) groups excluding carboxylic acids is 1. The Kier molecular flexibility index (Phi) is 3.50. The van der Waals surface area contributed by atoms with Gasteiger partial charge in [0, 0.05) is 5.41 Å². The topological polar surface area (TPSA) is 17.1 Å². The fourth-order valence-electron chi connectivity index (χ4n) is 0.530. The van der Waals surface area contributed by atoms with Gasteiger partial charge in [-0.2, -0.15) is 0 Å². The van der Waals surface area contributed by atoms with Crippen molar-refractivity contribution < 1.29 is 4.79 Å². The molecule has 0 bridgehead atoms. The first-order valence-corrected chi connectivity index (χ1v) is 4.06. The van der Waals surface area contributed by atoms with Gasteiger partial charge in [-0.05, 0) is 12.0 Å². The zero-order valence-electron chi connectivity index (χ0n) is 8.14. The lowest BCUT2D eigenvalue weighted by Gasteiger charge is -2.13. The fraction of sp³-hybridized carbons (Fsp3) is 0.700. The first-order valence-electron chi connectivity index (χ1n) is 4.06. The molecule has 0 unspecified atom stereocenters. The Hall–Kier alpha value is -0.590. The van der Waals surface area contributed by atoms with Gasteiger partial charge >= 0.3 is 0 Å². The largest absolute Gasteiger partial charge is 0.294 e. The monoisotopic (exact) mass is 154 g/mol. The van der Waals surface area contributed by atoms with Gasteiger partial charge in [0.2, 0.25) is 0 Å². The number of rotatable bonds is 2. The Bertz CT molecular complexity index is 158. The molecule has 11 heavy (non-hydrogen) atoms. The van der Waals surface area contributed by atoms with Crippen LogP contribution >= 0.6 is 0 Å². The molecule has 0 aliphatic heterocycles. The second kappa shape index (κ2) is 3.70. The average molecular weight is 154 g/mol. The molecule has 1 heteroatoms. The SMILES string of the molecule is CC(C)C=CC(=O)C(C)(C)C. The van der Waals surface area contributed by atoms with E-state index >= 15 is 0 Å². The van der Waals surface area contributed by atoms with Crippen LogP contribution < -0.4 is 0 Å². The van der Waals surface area contributed by atoms with Crippen molar-refractivity contribution >= 4 is 5.78 Å². The second-order valence-corrected chi connectivity index (χ2v) is 4.22. The molecular formula is C10H18O. The summed E-state index contributed by atoms with van der Waals surface area (Å²) >= 11 is 0. The van der Waals surface area contributed by atoms with Crippen LogP contribution in [-0.2, 0) is 4.79 Å². The van der Waals surface area contributed by atoms with Gasteiger partial charge in [-0.1, -0.05) is 40.7 Å². The molecule has 1 nitrogen and oxygen atoms in total. The van der Waals surface area contributed by atoms with Crippen LogP contribution in [0.5, 0.6) is 0 Å². The van der Waals surface area contributed by atoms with Crippen LogP contribution in [0, 0.1) is 11.3 Å². The quantitative estimate of drug-likeness (QED) is 0.559. The van der Waals surface area contributed by atoms with Crippen molar-refractivity contribution in [2.75, 3.05) is 0 Å². The maximum Gasteiger partial charge on any atom is 0.160 e. The number of hydrogen-bond acceptors (Lipinski definition) is 1. The first-order chi connectivity index (χ1) is 4.84. The molecule has 0 amide bonds. The molecule has 0 aromatic heterocycles. The average Bonchev–Trinajstić information content (AvgIpc) is 1.80. The van der Waals surface area contributed by atoms with Gasteiger partial charge in [0.05, 0.1) is 0 Å². The highest BCUT2D eigenvalue weighted by Crippen LogP contribution is 2.15. The van der Waals surface area contributed by atoms with Gasteiger partial charge < -0.3 is 0 Å². The van der Waals surface area contributed by atoms with Gasteiger partial charge in [-0.25, -0.2) is 0 Å². The second-order valence-electron chi connectivity index (χ2n) is 4.22. The van der Waals surface area contributed by atoms with Crippen LogP contribution in [0.1, 0.15) is 34.6 Å². The third-order valence-electron chi connectivity index (χ3n) is 1.37. The number of ketones is 1. The van der Waals surface area contributed by atoms with Crippen LogP contribution in [0.25, 0.3) is 0 Å². The van der Waals surface area contributed by atoms with E-state index in [1.807, 2.05) is 26.8 Å². The molecular weight excluding hydrogens is 136 g/mol. The standard InChI is InChI=1S/C10H18O/c1-8(2)6-7-9(11)10(3,4)5/h6-8H,1-5H3. The van der Waals surface area contributed by atoms with Crippen molar-refractivity contribution in [3.63, 3.8) is 0 Å². The molecule has 0 heterocycles. The summed E-state index contributed by atoms with van der Waals surface area (Å²) in [5.41, 5.74) is -0.231. The van der Waals surface area contributed by atoms with E-state index in [1.165, 1.54) is 0 Å². The lowest BCUT2D eigenvalue weighted by molar-refractivity contribution is -0.121. The summed E-state index contributed by atoms with van der Waals surface area (Å²) in [6.45, 7) is 9.92. The summed E-state index contributed by atoms with van der Waals surface area (Å²) in [5.74, 6) is 0.660. The molecule has 0 spiro atoms. The zero-order chi connectivity index (χ0) is 9.07. The highest BCUT2D eigenvalue weighted by Gasteiger charge is 2.17. The van der Waals surface area contributed by atoms with Crippen molar-refractivity contribution in [2.24, 2.45) is 11.3 Å². The van der Waals surface area contributed by atoms with Gasteiger partial charge in [-0.15, -0.1) is 0 Å². The molecule has 0 rings (SSSR count). The van der Waals surface area contributed by atoms with Crippen LogP contribution in [0.3, 0.4) is 0 Å². The molecule has 0 aliphatic rings. The minimum atomic E-state index is -0.231. The fourth-order valence-corrected chi connectivity index (χ4v) is 0.530. The van der Waals surface area contributed by atoms with E-state index in [4.69, 9.17) is 0 Å². The summed E-state index contributed by atoms with van der Waals surface area (Å²) < 4.78 is 0. The summed E-state index contributed by atoms with van der Waals surface area (Å²) in [7, 11) is 0. The molecule has 0 atom stereocenters. The maximum atomic E-state index is 11.3. The van der Waals surface area contributed by atoms with E-state index in [2.05, 4.69) is 13.8 Å². The third kappa shape index (κ3) is 4.77. The van der Waals surface area contributed by atoms with Crippen molar-refractivity contribution in [1.82, 2.24) is 0 Å². The lowest BCUT2D eigenvalue weighted by atomic mass is 9.90. The molecule has 0 radical (unpaired) electrons. The zero-order valence-corrected chi connectivity index (χ0v) is 8.14. The molecule has 0 aromatic carbocycles. The molecule has 0 aromatic rings. The molecule has 0 saturated heterocycles. The molecule has 0 saturated carbocycles. The van der Waals surface area contributed by atoms with Crippen molar-refractivity contribution in [3.05, 3.63) is 12.2 Å². The van der Waals surface area contributed by atoms with E-state index in [1.54, 1.807) is 6.08 Å². The smallest absolute Gasteiger partial charge is 0.160 e. The lowest BCUT2D eigenvalue weighted by Crippen LogP contribution is -2.17. The Balaban J connectivity index is 4.09. The van der Waals surface area contributed by atoms with Gasteiger partial charge in [-0.3, -0.25) is 4.79 Å². The normalized spacial score (nSPS) is 12.9. The highest BCUT2D eigenvalue weighted by molar-refractivity contribution is 5.93. The van der Waals surface area contributed by atoms with Crippen molar-refractivity contribution in [1.29, 1.82) is 0 Å². The Labute approximate surface area is 69.5 Å². The Morgan fingerprint density at radius 1 is 1.27 bits per heavy atom. The first kappa shape index (κ1) is 10.4. The van der Waals surface area contributed by atoms with Crippen LogP contribution in [0.4, 0.5) is 0 Å². The van der Waals surface area contributed by atoms with E-state index < -0.39 is 0 Å². The summed E-state index contributed by atoms with van der Waals surface area (Å²) in [6.07, 6.45) is 3.62. The molecule has 64 valence electrons. The highest BCUT2D eigenvalue weighted by atomic mass is 16.1. The van der Waals surface area contributed by atoms with Crippen molar-refractivity contribution in [2.45, 2.75) is 34.6 Å². The number of allylic oxidation sites excluding steroid dienone is 2. The van der Waals surface area contributed by atoms with E-state index in [0.29, 0.717) is 5.92 Å². The van der Waals surface area contributed by atoms with Crippen molar-refractivity contribution in [3.8, 4) is 0 Å².